The van der Waals surface area contributed by atoms with Crippen LogP contribution in [-0.2, 0) is 9.53 Å². The van der Waals surface area contributed by atoms with Gasteiger partial charge in [0, 0.05) is 19.1 Å². The largest absolute Gasteiger partial charge is 0.464 e. The molecule has 1 aliphatic heterocycles. The van der Waals surface area contributed by atoms with Gasteiger partial charge in [0.05, 0.1) is 18.0 Å². The number of nitrogens with zero attached hydrogens (tertiary/aromatic N) is 1. The monoisotopic (exact) mass is 401 g/mol. The van der Waals surface area contributed by atoms with Crippen LogP contribution in [0.4, 0.5) is 11.4 Å². The Hall–Kier alpha value is -1.75. The first kappa shape index (κ1) is 21.9. The number of carbonyl (C=O) groups excluding carboxylic acids is 1. The molecule has 2 fully saturated rings. The van der Waals surface area contributed by atoms with Crippen LogP contribution in [0.1, 0.15) is 77.6 Å². The average Bonchev–Trinajstić information content (AvgIpc) is 2.71. The number of benzene rings is 1. The van der Waals surface area contributed by atoms with E-state index in [1.54, 1.807) is 0 Å². The van der Waals surface area contributed by atoms with Crippen molar-refractivity contribution in [3.05, 3.63) is 24.3 Å². The summed E-state index contributed by atoms with van der Waals surface area (Å²) in [7, 11) is 0. The van der Waals surface area contributed by atoms with Crippen LogP contribution in [0.25, 0.3) is 0 Å². The maximum atomic E-state index is 13.3. The van der Waals surface area contributed by atoms with Gasteiger partial charge < -0.3 is 15.8 Å². The number of nitrogens with one attached hydrogen (secondary N) is 1. The predicted octanol–water partition coefficient (Wildman–Crippen LogP) is 4.97. The highest BCUT2D eigenvalue weighted by Crippen LogP contribution is 2.36. The second kappa shape index (κ2) is 10.9. The van der Waals surface area contributed by atoms with Gasteiger partial charge in [0.25, 0.3) is 0 Å². The number of esters is 1. The Labute approximate surface area is 176 Å². The van der Waals surface area contributed by atoms with E-state index in [0.717, 1.165) is 75.8 Å². The van der Waals surface area contributed by atoms with Crippen LogP contribution in [0.15, 0.2) is 24.3 Å². The van der Waals surface area contributed by atoms with Gasteiger partial charge in [0.15, 0.2) is 0 Å². The molecule has 2 aliphatic rings. The van der Waals surface area contributed by atoms with Crippen molar-refractivity contribution in [1.82, 2.24) is 4.90 Å². The number of para-hydroxylation sites is 2. The molecule has 5 heteroatoms. The zero-order valence-electron chi connectivity index (χ0n) is 18.1. The second-order valence-corrected chi connectivity index (χ2v) is 8.78. The van der Waals surface area contributed by atoms with Crippen LogP contribution in [0.2, 0.25) is 0 Å². The Morgan fingerprint density at radius 1 is 1.14 bits per heavy atom. The molecule has 29 heavy (non-hydrogen) atoms. The highest BCUT2D eigenvalue weighted by Gasteiger charge is 2.45. The van der Waals surface area contributed by atoms with E-state index >= 15 is 0 Å². The van der Waals surface area contributed by atoms with Gasteiger partial charge in [0.2, 0.25) is 0 Å². The van der Waals surface area contributed by atoms with E-state index < -0.39 is 5.54 Å². The number of ether oxygens (including phenoxy) is 1. The van der Waals surface area contributed by atoms with E-state index in [1.165, 1.54) is 19.3 Å². The molecule has 0 bridgehead atoms. The first-order valence-corrected chi connectivity index (χ1v) is 11.7. The number of rotatable bonds is 7. The maximum absolute atomic E-state index is 13.3. The van der Waals surface area contributed by atoms with Gasteiger partial charge in [-0.25, -0.2) is 0 Å². The van der Waals surface area contributed by atoms with Gasteiger partial charge in [-0.2, -0.15) is 0 Å². The quantitative estimate of drug-likeness (QED) is 0.383. The van der Waals surface area contributed by atoms with Crippen LogP contribution in [0, 0.1) is 0 Å². The number of hydrogen-bond acceptors (Lipinski definition) is 5. The normalized spacial score (nSPS) is 21.1. The lowest BCUT2D eigenvalue weighted by Gasteiger charge is -2.46. The number of unbranched alkanes of at least 4 members (excludes halogenated alkanes) is 1. The molecule has 0 aromatic heterocycles. The van der Waals surface area contributed by atoms with Gasteiger partial charge in [0.1, 0.15) is 5.54 Å². The summed E-state index contributed by atoms with van der Waals surface area (Å²) in [4.78, 5) is 15.7. The Balaban J connectivity index is 1.65. The van der Waals surface area contributed by atoms with Crippen molar-refractivity contribution < 1.29 is 9.53 Å². The van der Waals surface area contributed by atoms with Gasteiger partial charge in [-0.1, -0.05) is 57.6 Å². The Morgan fingerprint density at radius 3 is 2.45 bits per heavy atom. The molecular weight excluding hydrogens is 362 g/mol. The molecule has 1 aliphatic carbocycles. The molecule has 1 aromatic carbocycles. The number of nitrogen functional groups attached to an aromatic ring is 1. The molecule has 0 unspecified atom stereocenters. The van der Waals surface area contributed by atoms with Crippen LogP contribution in [0.3, 0.4) is 0 Å². The minimum Gasteiger partial charge on any atom is -0.464 e. The van der Waals surface area contributed by atoms with E-state index in [-0.39, 0.29) is 5.97 Å². The molecule has 0 atom stereocenters. The van der Waals surface area contributed by atoms with Crippen molar-refractivity contribution in [3.63, 3.8) is 0 Å². The Bertz CT molecular complexity index is 633. The van der Waals surface area contributed by atoms with Crippen molar-refractivity contribution in [2.45, 2.75) is 89.1 Å². The molecule has 1 aromatic rings. The molecule has 162 valence electrons. The standard InChI is InChI=1S/C24H39N3O2/c1-2-3-19-29-23(28)24(15-9-5-4-6-10-16-24)27-17-13-20(14-18-27)26-22-12-8-7-11-21(22)25/h7-8,11-12,20,26H,2-6,9-10,13-19,25H2,1H3. The smallest absolute Gasteiger partial charge is 0.326 e. The second-order valence-electron chi connectivity index (χ2n) is 8.78. The summed E-state index contributed by atoms with van der Waals surface area (Å²) in [5.41, 5.74) is 7.50. The summed E-state index contributed by atoms with van der Waals surface area (Å²) < 4.78 is 5.80. The first-order valence-electron chi connectivity index (χ1n) is 11.7. The van der Waals surface area contributed by atoms with Crippen LogP contribution in [-0.4, -0.2) is 42.1 Å². The topological polar surface area (TPSA) is 67.6 Å². The lowest BCUT2D eigenvalue weighted by molar-refractivity contribution is -0.161. The fourth-order valence-corrected chi connectivity index (χ4v) is 4.88. The average molecular weight is 402 g/mol. The van der Waals surface area contributed by atoms with Gasteiger partial charge in [-0.15, -0.1) is 0 Å². The predicted molar refractivity (Wildman–Crippen MR) is 120 cm³/mol. The summed E-state index contributed by atoms with van der Waals surface area (Å²) in [5.74, 6) is 0.0339. The van der Waals surface area contributed by atoms with E-state index in [1.807, 2.05) is 24.3 Å². The van der Waals surface area contributed by atoms with Crippen LogP contribution < -0.4 is 11.1 Å². The lowest BCUT2D eigenvalue weighted by Crippen LogP contribution is -2.59. The molecule has 1 heterocycles. The minimum absolute atomic E-state index is 0.0339. The molecule has 1 saturated heterocycles. The van der Waals surface area contributed by atoms with Gasteiger partial charge >= 0.3 is 5.97 Å². The zero-order chi connectivity index (χ0) is 20.5. The lowest BCUT2D eigenvalue weighted by atomic mass is 9.81. The SMILES string of the molecule is CCCCOC(=O)C1(N2CCC(Nc3ccccc3N)CC2)CCCCCCC1. The first-order chi connectivity index (χ1) is 14.2. The Kier molecular flexibility index (Phi) is 8.22. The third kappa shape index (κ3) is 5.65. The molecule has 5 nitrogen and oxygen atoms in total. The highest BCUT2D eigenvalue weighted by molar-refractivity contribution is 5.81. The van der Waals surface area contributed by atoms with Crippen molar-refractivity contribution in [2.24, 2.45) is 0 Å². The minimum atomic E-state index is -0.412. The summed E-state index contributed by atoms with van der Waals surface area (Å²) in [6, 6.07) is 8.36. The number of carbonyl (C=O) groups is 1. The molecule has 3 N–H and O–H groups in total. The zero-order valence-corrected chi connectivity index (χ0v) is 18.1. The molecule has 1 saturated carbocycles. The van der Waals surface area contributed by atoms with Gasteiger partial charge in [-0.3, -0.25) is 9.69 Å². The third-order valence-electron chi connectivity index (χ3n) is 6.71. The Morgan fingerprint density at radius 2 is 1.79 bits per heavy atom. The molecule has 0 spiro atoms. The molecular formula is C24H39N3O2. The fourth-order valence-electron chi connectivity index (χ4n) is 4.88. The van der Waals surface area contributed by atoms with E-state index in [4.69, 9.17) is 10.5 Å². The van der Waals surface area contributed by atoms with Crippen molar-refractivity contribution in [1.29, 1.82) is 0 Å². The number of nitrogens with two attached hydrogens (primary N) is 1. The molecule has 3 rings (SSSR count). The maximum Gasteiger partial charge on any atom is 0.326 e. The van der Waals surface area contributed by atoms with E-state index in [2.05, 4.69) is 17.1 Å². The van der Waals surface area contributed by atoms with E-state index in [9.17, 15) is 4.79 Å². The van der Waals surface area contributed by atoms with Gasteiger partial charge in [-0.05, 0) is 44.2 Å². The number of piperidine rings is 1. The summed E-state index contributed by atoms with van der Waals surface area (Å²) in [6.45, 7) is 4.57. The number of likely N-dealkylation sites (tertiary alicyclic amines) is 1. The summed E-state index contributed by atoms with van der Waals surface area (Å²) in [5, 5.41) is 3.61. The molecule has 0 amide bonds. The van der Waals surface area contributed by atoms with E-state index in [0.29, 0.717) is 12.6 Å². The highest BCUT2D eigenvalue weighted by atomic mass is 16.5. The third-order valence-corrected chi connectivity index (χ3v) is 6.71. The van der Waals surface area contributed by atoms with Crippen molar-refractivity contribution >= 4 is 17.3 Å². The fraction of sp³-hybridized carbons (Fsp3) is 0.708. The molecule has 0 radical (unpaired) electrons. The van der Waals surface area contributed by atoms with Crippen molar-refractivity contribution in [3.8, 4) is 0 Å². The van der Waals surface area contributed by atoms with Crippen LogP contribution in [0.5, 0.6) is 0 Å². The van der Waals surface area contributed by atoms with Crippen molar-refractivity contribution in [2.75, 3.05) is 30.7 Å². The summed E-state index contributed by atoms with van der Waals surface area (Å²) in [6.07, 6.45) is 12.0. The number of anilines is 2. The van der Waals surface area contributed by atoms with Crippen LogP contribution >= 0.6 is 0 Å². The number of hydrogen-bond donors (Lipinski definition) is 2. The summed E-state index contributed by atoms with van der Waals surface area (Å²) >= 11 is 0.